The van der Waals surface area contributed by atoms with Crippen molar-refractivity contribution in [3.63, 3.8) is 0 Å². The Bertz CT molecular complexity index is 304. The van der Waals surface area contributed by atoms with Crippen LogP contribution in [0, 0.1) is 12.8 Å². The van der Waals surface area contributed by atoms with E-state index in [2.05, 4.69) is 15.1 Å². The number of piperidine rings is 1. The molecule has 4 nitrogen and oxygen atoms in total. The zero-order chi connectivity index (χ0) is 10.7. The zero-order valence-electron chi connectivity index (χ0n) is 9.15. The van der Waals surface area contributed by atoms with Crippen LogP contribution >= 0.6 is 11.3 Å². The molecule has 0 atom stereocenters. The molecule has 1 saturated heterocycles. The molecule has 0 bridgehead atoms. The fraction of sp³-hybridized carbons (Fsp3) is 0.800. The van der Waals surface area contributed by atoms with Gasteiger partial charge < -0.3 is 10.6 Å². The quantitative estimate of drug-likeness (QED) is 0.846. The second-order valence-corrected chi connectivity index (χ2v) is 5.27. The first-order valence-electron chi connectivity index (χ1n) is 5.54. The second-order valence-electron chi connectivity index (χ2n) is 4.11. The maximum absolute atomic E-state index is 5.57. The summed E-state index contributed by atoms with van der Waals surface area (Å²) in [4.78, 5) is 2.34. The minimum Gasteiger partial charge on any atom is -0.347 e. The Kier molecular flexibility index (Phi) is 3.53. The van der Waals surface area contributed by atoms with Gasteiger partial charge in [-0.3, -0.25) is 0 Å². The zero-order valence-corrected chi connectivity index (χ0v) is 9.96. The molecule has 15 heavy (non-hydrogen) atoms. The van der Waals surface area contributed by atoms with Crippen LogP contribution in [0.2, 0.25) is 0 Å². The van der Waals surface area contributed by atoms with Crippen LogP contribution in [-0.4, -0.2) is 29.8 Å². The summed E-state index contributed by atoms with van der Waals surface area (Å²) in [5.74, 6) is 0.820. The summed E-state index contributed by atoms with van der Waals surface area (Å²) < 4.78 is 0. The maximum Gasteiger partial charge on any atom is 0.208 e. The van der Waals surface area contributed by atoms with Gasteiger partial charge in [-0.15, -0.1) is 10.2 Å². The second kappa shape index (κ2) is 4.90. The molecule has 1 aliphatic heterocycles. The van der Waals surface area contributed by atoms with Crippen LogP contribution in [0.3, 0.4) is 0 Å². The van der Waals surface area contributed by atoms with E-state index in [9.17, 15) is 0 Å². The van der Waals surface area contributed by atoms with E-state index in [4.69, 9.17) is 5.73 Å². The summed E-state index contributed by atoms with van der Waals surface area (Å²) >= 11 is 1.69. The van der Waals surface area contributed by atoms with E-state index in [0.29, 0.717) is 0 Å². The number of hydrogen-bond acceptors (Lipinski definition) is 5. The Morgan fingerprint density at radius 3 is 2.67 bits per heavy atom. The number of nitrogens with two attached hydrogens (primary N) is 1. The predicted octanol–water partition coefficient (Wildman–Crippen LogP) is 1.41. The van der Waals surface area contributed by atoms with Gasteiger partial charge in [0.05, 0.1) is 0 Å². The Morgan fingerprint density at radius 2 is 2.13 bits per heavy atom. The van der Waals surface area contributed by atoms with Crippen LogP contribution in [0.15, 0.2) is 0 Å². The van der Waals surface area contributed by atoms with Crippen molar-refractivity contribution in [2.45, 2.75) is 26.2 Å². The fourth-order valence-corrected chi connectivity index (χ4v) is 2.80. The van der Waals surface area contributed by atoms with Crippen molar-refractivity contribution in [2.24, 2.45) is 11.7 Å². The third-order valence-electron chi connectivity index (χ3n) is 2.98. The van der Waals surface area contributed by atoms with Crippen LogP contribution in [0.25, 0.3) is 0 Å². The topological polar surface area (TPSA) is 55.0 Å². The van der Waals surface area contributed by atoms with Crippen molar-refractivity contribution in [1.82, 2.24) is 10.2 Å². The first kappa shape index (κ1) is 10.8. The van der Waals surface area contributed by atoms with Gasteiger partial charge in [-0.25, -0.2) is 0 Å². The SMILES string of the molecule is Cc1nnc(N2CCC(CCN)CC2)s1. The third kappa shape index (κ3) is 2.66. The Hall–Kier alpha value is -0.680. The number of hydrogen-bond donors (Lipinski definition) is 1. The van der Waals surface area contributed by atoms with Gasteiger partial charge in [0, 0.05) is 13.1 Å². The monoisotopic (exact) mass is 226 g/mol. The molecule has 1 aromatic rings. The highest BCUT2D eigenvalue weighted by molar-refractivity contribution is 7.15. The van der Waals surface area contributed by atoms with Crippen molar-refractivity contribution in [3.05, 3.63) is 5.01 Å². The summed E-state index contributed by atoms with van der Waals surface area (Å²) in [5.41, 5.74) is 5.57. The molecule has 2 heterocycles. The van der Waals surface area contributed by atoms with Gasteiger partial charge in [0.15, 0.2) is 0 Å². The molecule has 0 aromatic carbocycles. The highest BCUT2D eigenvalue weighted by atomic mass is 32.1. The molecule has 0 amide bonds. The average Bonchev–Trinajstić information content (AvgIpc) is 2.67. The minimum atomic E-state index is 0.820. The Morgan fingerprint density at radius 1 is 1.40 bits per heavy atom. The Labute approximate surface area is 94.5 Å². The lowest BCUT2D eigenvalue weighted by atomic mass is 9.94. The molecule has 2 rings (SSSR count). The summed E-state index contributed by atoms with van der Waals surface area (Å²) in [5, 5.41) is 10.4. The van der Waals surface area contributed by atoms with E-state index >= 15 is 0 Å². The van der Waals surface area contributed by atoms with Crippen LogP contribution in [0.1, 0.15) is 24.3 Å². The predicted molar refractivity (Wildman–Crippen MR) is 63.3 cm³/mol. The van der Waals surface area contributed by atoms with E-state index in [0.717, 1.165) is 35.7 Å². The molecule has 1 aromatic heterocycles. The molecule has 1 aliphatic rings. The van der Waals surface area contributed by atoms with E-state index in [1.807, 2.05) is 6.92 Å². The molecule has 5 heteroatoms. The van der Waals surface area contributed by atoms with Gasteiger partial charge in [0.1, 0.15) is 5.01 Å². The van der Waals surface area contributed by atoms with Gasteiger partial charge in [0.25, 0.3) is 0 Å². The number of rotatable bonds is 3. The van der Waals surface area contributed by atoms with Crippen LogP contribution in [-0.2, 0) is 0 Å². The number of aromatic nitrogens is 2. The molecule has 0 radical (unpaired) electrons. The standard InChI is InChI=1S/C10H18N4S/c1-8-12-13-10(15-8)14-6-3-9(2-5-11)4-7-14/h9H,2-7,11H2,1H3. The minimum absolute atomic E-state index is 0.820. The lowest BCUT2D eigenvalue weighted by Gasteiger charge is -2.31. The molecule has 1 fully saturated rings. The summed E-state index contributed by atoms with van der Waals surface area (Å²) in [6, 6.07) is 0. The highest BCUT2D eigenvalue weighted by Crippen LogP contribution is 2.26. The lowest BCUT2D eigenvalue weighted by Crippen LogP contribution is -2.34. The molecular weight excluding hydrogens is 208 g/mol. The van der Waals surface area contributed by atoms with Gasteiger partial charge in [0.2, 0.25) is 5.13 Å². The molecule has 2 N–H and O–H groups in total. The van der Waals surface area contributed by atoms with E-state index in [1.54, 1.807) is 11.3 Å². The number of aryl methyl sites for hydroxylation is 1. The molecular formula is C10H18N4S. The summed E-state index contributed by atoms with van der Waals surface area (Å²) in [6.07, 6.45) is 3.66. The molecule has 0 spiro atoms. The Balaban J connectivity index is 1.88. The van der Waals surface area contributed by atoms with Crippen molar-refractivity contribution < 1.29 is 0 Å². The summed E-state index contributed by atoms with van der Waals surface area (Å²) in [6.45, 7) is 5.05. The van der Waals surface area contributed by atoms with E-state index in [-0.39, 0.29) is 0 Å². The smallest absolute Gasteiger partial charge is 0.208 e. The fourth-order valence-electron chi connectivity index (χ4n) is 2.06. The van der Waals surface area contributed by atoms with Crippen molar-refractivity contribution in [2.75, 3.05) is 24.5 Å². The molecule has 0 saturated carbocycles. The normalized spacial score (nSPS) is 18.4. The first-order valence-corrected chi connectivity index (χ1v) is 6.36. The van der Waals surface area contributed by atoms with Crippen LogP contribution in [0.4, 0.5) is 5.13 Å². The third-order valence-corrected chi connectivity index (χ3v) is 3.87. The van der Waals surface area contributed by atoms with Gasteiger partial charge in [-0.05, 0) is 38.6 Å². The molecule has 0 unspecified atom stereocenters. The van der Waals surface area contributed by atoms with E-state index < -0.39 is 0 Å². The van der Waals surface area contributed by atoms with Gasteiger partial charge >= 0.3 is 0 Å². The van der Waals surface area contributed by atoms with Crippen molar-refractivity contribution >= 4 is 16.5 Å². The average molecular weight is 226 g/mol. The van der Waals surface area contributed by atoms with Crippen LogP contribution < -0.4 is 10.6 Å². The number of nitrogens with zero attached hydrogens (tertiary/aromatic N) is 3. The van der Waals surface area contributed by atoms with Gasteiger partial charge in [-0.2, -0.15) is 0 Å². The first-order chi connectivity index (χ1) is 7.29. The van der Waals surface area contributed by atoms with Crippen molar-refractivity contribution in [1.29, 1.82) is 0 Å². The largest absolute Gasteiger partial charge is 0.347 e. The lowest BCUT2D eigenvalue weighted by molar-refractivity contribution is 0.386. The van der Waals surface area contributed by atoms with E-state index in [1.165, 1.54) is 19.3 Å². The van der Waals surface area contributed by atoms with Gasteiger partial charge in [-0.1, -0.05) is 11.3 Å². The molecule has 84 valence electrons. The van der Waals surface area contributed by atoms with Crippen molar-refractivity contribution in [3.8, 4) is 0 Å². The maximum atomic E-state index is 5.57. The summed E-state index contributed by atoms with van der Waals surface area (Å²) in [7, 11) is 0. The van der Waals surface area contributed by atoms with Crippen LogP contribution in [0.5, 0.6) is 0 Å². The number of anilines is 1. The molecule has 0 aliphatic carbocycles. The highest BCUT2D eigenvalue weighted by Gasteiger charge is 2.20.